The molecule has 0 bridgehead atoms. The first-order chi connectivity index (χ1) is 11.1. The van der Waals surface area contributed by atoms with E-state index in [4.69, 9.17) is 4.74 Å². The molecule has 2 rings (SSSR count). The largest absolute Gasteiger partial charge is 0.459 e. The number of esters is 1. The number of hydrogen-bond acceptors (Lipinski definition) is 5. The molecule has 2 aliphatic rings. The van der Waals surface area contributed by atoms with E-state index in [1.54, 1.807) is 0 Å². The van der Waals surface area contributed by atoms with Crippen molar-refractivity contribution in [1.82, 2.24) is 10.2 Å². The molecule has 0 radical (unpaired) electrons. The molecule has 0 aromatic carbocycles. The van der Waals surface area contributed by atoms with Crippen LogP contribution in [0.25, 0.3) is 0 Å². The van der Waals surface area contributed by atoms with E-state index in [0.717, 1.165) is 0 Å². The predicted octanol–water partition coefficient (Wildman–Crippen LogP) is 1.23. The van der Waals surface area contributed by atoms with Gasteiger partial charge < -0.3 is 15.2 Å². The molecule has 136 valence electrons. The maximum absolute atomic E-state index is 12.6. The van der Waals surface area contributed by atoms with Crippen molar-refractivity contribution in [2.45, 2.75) is 77.3 Å². The van der Waals surface area contributed by atoms with Crippen LogP contribution in [-0.2, 0) is 14.3 Å². The number of amides is 1. The molecular weight excluding hydrogens is 308 g/mol. The maximum atomic E-state index is 12.6. The number of aliphatic hydroxyl groups excluding tert-OH is 1. The van der Waals surface area contributed by atoms with Gasteiger partial charge in [-0.05, 0) is 46.5 Å². The van der Waals surface area contributed by atoms with Crippen LogP contribution in [0.2, 0.25) is 0 Å². The van der Waals surface area contributed by atoms with Crippen molar-refractivity contribution in [1.29, 1.82) is 0 Å². The first-order valence-electron chi connectivity index (χ1n) is 8.70. The van der Waals surface area contributed by atoms with Crippen LogP contribution in [0.15, 0.2) is 12.2 Å². The third-order valence-electron chi connectivity index (χ3n) is 4.67. The number of fused-ring (bicyclic) bond motifs is 1. The van der Waals surface area contributed by atoms with E-state index >= 15 is 0 Å². The summed E-state index contributed by atoms with van der Waals surface area (Å²) in [6, 6.07) is -0.796. The van der Waals surface area contributed by atoms with Crippen molar-refractivity contribution in [2.75, 3.05) is 6.54 Å². The summed E-state index contributed by atoms with van der Waals surface area (Å²) in [6.45, 7) is 9.61. The zero-order chi connectivity index (χ0) is 18.1. The number of rotatable bonds is 3. The molecule has 5 atom stereocenters. The van der Waals surface area contributed by atoms with Crippen molar-refractivity contribution >= 4 is 11.9 Å². The molecule has 2 N–H and O–H groups in total. The molecule has 0 spiro atoms. The van der Waals surface area contributed by atoms with Crippen molar-refractivity contribution in [3.8, 4) is 0 Å². The maximum Gasteiger partial charge on any atom is 0.323 e. The van der Waals surface area contributed by atoms with Gasteiger partial charge in [0, 0.05) is 19.5 Å². The van der Waals surface area contributed by atoms with Crippen molar-refractivity contribution in [2.24, 2.45) is 5.92 Å². The number of hydrogen-bond donors (Lipinski definition) is 2. The lowest BCUT2D eigenvalue weighted by molar-refractivity contribution is -0.162. The molecule has 24 heavy (non-hydrogen) atoms. The molecule has 2 saturated heterocycles. The van der Waals surface area contributed by atoms with Gasteiger partial charge in [-0.3, -0.25) is 14.5 Å². The van der Waals surface area contributed by atoms with Gasteiger partial charge in [-0.15, -0.1) is 0 Å². The lowest BCUT2D eigenvalue weighted by atomic mass is 9.86. The topological polar surface area (TPSA) is 78.9 Å². The number of carbonyl (C=O) groups is 2. The van der Waals surface area contributed by atoms with Gasteiger partial charge >= 0.3 is 5.97 Å². The quantitative estimate of drug-likeness (QED) is 0.598. The van der Waals surface area contributed by atoms with E-state index in [2.05, 4.69) is 16.3 Å². The molecule has 2 fully saturated rings. The number of nitrogens with one attached hydrogen (secondary N) is 1. The van der Waals surface area contributed by atoms with Crippen LogP contribution in [0.5, 0.6) is 0 Å². The second-order valence-electron chi connectivity index (χ2n) is 7.79. The van der Waals surface area contributed by atoms with Crippen LogP contribution in [0, 0.1) is 5.92 Å². The fourth-order valence-corrected chi connectivity index (χ4v) is 3.91. The third-order valence-corrected chi connectivity index (χ3v) is 4.67. The summed E-state index contributed by atoms with van der Waals surface area (Å²) in [4.78, 5) is 26.3. The number of carbonyl (C=O) groups excluding carboxylic acids is 2. The number of nitrogens with zero attached hydrogens (tertiary/aromatic N) is 1. The van der Waals surface area contributed by atoms with E-state index in [1.165, 1.54) is 6.92 Å². The molecule has 1 amide bonds. The van der Waals surface area contributed by atoms with Crippen molar-refractivity contribution in [3.63, 3.8) is 0 Å². The normalized spacial score (nSPS) is 34.2. The first kappa shape index (κ1) is 18.9. The summed E-state index contributed by atoms with van der Waals surface area (Å²) in [6.07, 6.45) is 4.61. The molecule has 2 aliphatic heterocycles. The number of ether oxygens (including phenoxy) is 1. The summed E-state index contributed by atoms with van der Waals surface area (Å²) < 4.78 is 5.59. The molecule has 0 unspecified atom stereocenters. The minimum atomic E-state index is -0.597. The van der Waals surface area contributed by atoms with Gasteiger partial charge in [0.05, 0.1) is 12.1 Å². The monoisotopic (exact) mass is 338 g/mol. The molecule has 0 aliphatic carbocycles. The Bertz CT molecular complexity index is 512. The van der Waals surface area contributed by atoms with Gasteiger partial charge in [-0.25, -0.2) is 0 Å². The summed E-state index contributed by atoms with van der Waals surface area (Å²) in [5.74, 6) is -0.294. The molecule has 6 heteroatoms. The minimum absolute atomic E-state index is 0.0913. The fourth-order valence-electron chi connectivity index (χ4n) is 3.91. The average molecular weight is 338 g/mol. The van der Waals surface area contributed by atoms with Gasteiger partial charge in [0.1, 0.15) is 11.6 Å². The Hall–Kier alpha value is -1.40. The second-order valence-corrected chi connectivity index (χ2v) is 7.79. The zero-order valence-electron chi connectivity index (χ0n) is 15.3. The van der Waals surface area contributed by atoms with Crippen LogP contribution in [-0.4, -0.2) is 58.3 Å². The van der Waals surface area contributed by atoms with Crippen LogP contribution < -0.4 is 5.32 Å². The minimum Gasteiger partial charge on any atom is -0.459 e. The third kappa shape index (κ3) is 4.16. The highest BCUT2D eigenvalue weighted by Crippen LogP contribution is 2.38. The Morgan fingerprint density at radius 2 is 2.00 bits per heavy atom. The second kappa shape index (κ2) is 7.23. The highest BCUT2D eigenvalue weighted by molar-refractivity contribution is 5.77. The smallest absolute Gasteiger partial charge is 0.323 e. The van der Waals surface area contributed by atoms with Gasteiger partial charge in [0.2, 0.25) is 5.91 Å². The van der Waals surface area contributed by atoms with E-state index in [9.17, 15) is 14.7 Å². The van der Waals surface area contributed by atoms with Crippen molar-refractivity contribution in [3.05, 3.63) is 12.2 Å². The Morgan fingerprint density at radius 3 is 2.54 bits per heavy atom. The number of allylic oxidation sites excluding steroid dienone is 1. The molecule has 2 heterocycles. The number of aliphatic hydroxyl groups is 1. The molecule has 6 nitrogen and oxygen atoms in total. The van der Waals surface area contributed by atoms with E-state index in [0.29, 0.717) is 19.4 Å². The summed E-state index contributed by atoms with van der Waals surface area (Å²) in [5, 5.41) is 13.3. The standard InChI is InChI=1S/C18H30N2O4/c1-6-7-12-10-13(17(23)24-18(3,4)5)20-9-8-14(22)15(16(12)20)19-11(2)21/h6-7,12-16,22H,8-10H2,1-5H3,(H,19,21)/b7-6-/t12-,13-,14-,15+,16-/m1/s1. The van der Waals surface area contributed by atoms with Gasteiger partial charge in [0.25, 0.3) is 0 Å². The summed E-state index contributed by atoms with van der Waals surface area (Å²) in [7, 11) is 0. The van der Waals surface area contributed by atoms with E-state index in [1.807, 2.05) is 33.8 Å². The summed E-state index contributed by atoms with van der Waals surface area (Å²) in [5.41, 5.74) is -0.530. The average Bonchev–Trinajstić information content (AvgIpc) is 2.79. The summed E-state index contributed by atoms with van der Waals surface area (Å²) >= 11 is 0. The Balaban J connectivity index is 2.27. The fraction of sp³-hybridized carbons (Fsp3) is 0.778. The predicted molar refractivity (Wildman–Crippen MR) is 91.3 cm³/mol. The highest BCUT2D eigenvalue weighted by atomic mass is 16.6. The van der Waals surface area contributed by atoms with E-state index in [-0.39, 0.29) is 35.9 Å². The molecule has 0 aromatic rings. The van der Waals surface area contributed by atoms with Crippen LogP contribution in [0.3, 0.4) is 0 Å². The lowest BCUT2D eigenvalue weighted by Crippen LogP contribution is -2.62. The van der Waals surface area contributed by atoms with Crippen LogP contribution in [0.4, 0.5) is 0 Å². The van der Waals surface area contributed by atoms with Gasteiger partial charge in [-0.2, -0.15) is 0 Å². The first-order valence-corrected chi connectivity index (χ1v) is 8.70. The molecule has 0 aromatic heterocycles. The zero-order valence-corrected chi connectivity index (χ0v) is 15.3. The van der Waals surface area contributed by atoms with Gasteiger partial charge in [0.15, 0.2) is 0 Å². The Kier molecular flexibility index (Phi) is 5.71. The SMILES string of the molecule is C/C=C\[C@@H]1C[C@H](C(=O)OC(C)(C)C)N2CC[C@@H](O)[C@H](NC(C)=O)[C@@H]12. The Morgan fingerprint density at radius 1 is 1.33 bits per heavy atom. The van der Waals surface area contributed by atoms with Crippen LogP contribution >= 0.6 is 0 Å². The van der Waals surface area contributed by atoms with Gasteiger partial charge in [-0.1, -0.05) is 12.2 Å². The Labute approximate surface area is 144 Å². The highest BCUT2D eigenvalue weighted by Gasteiger charge is 2.51. The lowest BCUT2D eigenvalue weighted by Gasteiger charge is -2.43. The molecular formula is C18H30N2O4. The molecule has 0 saturated carbocycles. The van der Waals surface area contributed by atoms with Crippen molar-refractivity contribution < 1.29 is 19.4 Å². The number of piperidine rings is 1. The van der Waals surface area contributed by atoms with Crippen LogP contribution in [0.1, 0.15) is 47.5 Å². The van der Waals surface area contributed by atoms with E-state index < -0.39 is 11.7 Å².